The number of aromatic nitrogens is 2. The predicted octanol–water partition coefficient (Wildman–Crippen LogP) is -0.159. The van der Waals surface area contributed by atoms with Gasteiger partial charge >= 0.3 is 5.69 Å². The Kier molecular flexibility index (Phi) is 3.17. The van der Waals surface area contributed by atoms with Crippen molar-refractivity contribution in [2.45, 2.75) is 38.7 Å². The number of rotatable bonds is 2. The zero-order valence-electron chi connectivity index (χ0n) is 9.79. The van der Waals surface area contributed by atoms with Crippen LogP contribution in [0.2, 0.25) is 0 Å². The highest BCUT2D eigenvalue weighted by atomic mass is 16.5. The van der Waals surface area contributed by atoms with E-state index in [0.29, 0.717) is 0 Å². The third kappa shape index (κ3) is 2.05. The van der Waals surface area contributed by atoms with E-state index < -0.39 is 23.6 Å². The fourth-order valence-electron chi connectivity index (χ4n) is 2.19. The van der Waals surface area contributed by atoms with Gasteiger partial charge in [-0.25, -0.2) is 4.79 Å². The minimum Gasteiger partial charge on any atom is -0.388 e. The summed E-state index contributed by atoms with van der Waals surface area (Å²) in [5.74, 6) is -0.0381. The molecular formula is C11H16N2O4. The third-order valence-corrected chi connectivity index (χ3v) is 3.26. The fourth-order valence-corrected chi connectivity index (χ4v) is 2.19. The van der Waals surface area contributed by atoms with Crippen molar-refractivity contribution in [2.75, 3.05) is 0 Å². The first-order chi connectivity index (χ1) is 8.04. The Morgan fingerprint density at radius 2 is 2.24 bits per heavy atom. The topological polar surface area (TPSA) is 84.3 Å². The van der Waals surface area contributed by atoms with Crippen LogP contribution < -0.4 is 11.2 Å². The highest BCUT2D eigenvalue weighted by Gasteiger charge is 2.41. The average Bonchev–Trinajstić information content (AvgIpc) is 2.57. The summed E-state index contributed by atoms with van der Waals surface area (Å²) < 4.78 is 6.85. The summed E-state index contributed by atoms with van der Waals surface area (Å²) in [6.45, 7) is 3.85. The number of hydrogen-bond acceptors (Lipinski definition) is 4. The highest BCUT2D eigenvalue weighted by Crippen LogP contribution is 2.33. The normalized spacial score (nSPS) is 32.9. The minimum absolute atomic E-state index is 0.0381. The van der Waals surface area contributed by atoms with Crippen LogP contribution in [0.5, 0.6) is 0 Å². The molecule has 0 saturated carbocycles. The van der Waals surface area contributed by atoms with E-state index >= 15 is 0 Å². The molecule has 0 bridgehead atoms. The molecule has 1 unspecified atom stereocenters. The fraction of sp³-hybridized carbons (Fsp3) is 0.636. The summed E-state index contributed by atoms with van der Waals surface area (Å²) in [7, 11) is 0. The number of aliphatic hydroxyl groups is 1. The molecule has 2 rings (SSSR count). The van der Waals surface area contributed by atoms with Crippen molar-refractivity contribution in [1.29, 1.82) is 0 Å². The Morgan fingerprint density at radius 3 is 2.76 bits per heavy atom. The Bertz CT molecular complexity index is 507. The molecule has 1 aliphatic heterocycles. The molecule has 1 saturated heterocycles. The van der Waals surface area contributed by atoms with Crippen LogP contribution >= 0.6 is 0 Å². The van der Waals surface area contributed by atoms with Crippen LogP contribution in [0, 0.1) is 5.92 Å². The maximum Gasteiger partial charge on any atom is 0.330 e. The van der Waals surface area contributed by atoms with Crippen molar-refractivity contribution in [3.8, 4) is 0 Å². The summed E-state index contributed by atoms with van der Waals surface area (Å²) in [5.41, 5.74) is -1.02. The van der Waals surface area contributed by atoms with E-state index in [1.807, 2.05) is 13.8 Å². The standard InChI is InChI=1S/C11H16N2O4/c1-3-7-6(2)9(15)10(17-7)13-5-4-8(14)12-11(13)16/h4-7,9-10,15H,3H2,1-2H3,(H,12,14,16)/t6?,7-,9+,10-/m1/s1. The SMILES string of the molecule is CC[C@H]1O[C@@H](n2ccc(=O)[nH]c2=O)[C@@H](O)C1C. The smallest absolute Gasteiger partial charge is 0.330 e. The first kappa shape index (κ1) is 12.1. The van der Waals surface area contributed by atoms with Crippen LogP contribution in [0.3, 0.4) is 0 Å². The lowest BCUT2D eigenvalue weighted by Crippen LogP contribution is -2.35. The van der Waals surface area contributed by atoms with Gasteiger partial charge in [0.2, 0.25) is 0 Å². The van der Waals surface area contributed by atoms with Gasteiger partial charge in [-0.1, -0.05) is 13.8 Å². The lowest BCUT2D eigenvalue weighted by Gasteiger charge is -2.17. The van der Waals surface area contributed by atoms with Gasteiger partial charge in [-0.2, -0.15) is 0 Å². The second-order valence-electron chi connectivity index (χ2n) is 4.34. The lowest BCUT2D eigenvalue weighted by molar-refractivity contribution is -0.0404. The average molecular weight is 240 g/mol. The van der Waals surface area contributed by atoms with E-state index in [9.17, 15) is 14.7 Å². The van der Waals surface area contributed by atoms with Crippen molar-refractivity contribution in [3.63, 3.8) is 0 Å². The lowest BCUT2D eigenvalue weighted by atomic mass is 9.99. The number of aromatic amines is 1. The first-order valence-electron chi connectivity index (χ1n) is 5.69. The van der Waals surface area contributed by atoms with Crippen LogP contribution in [0.4, 0.5) is 0 Å². The van der Waals surface area contributed by atoms with E-state index in [1.165, 1.54) is 16.8 Å². The molecular weight excluding hydrogens is 224 g/mol. The first-order valence-corrected chi connectivity index (χ1v) is 5.69. The molecule has 4 atom stereocenters. The maximum absolute atomic E-state index is 11.6. The van der Waals surface area contributed by atoms with Crippen molar-refractivity contribution in [1.82, 2.24) is 9.55 Å². The molecule has 0 aromatic carbocycles. The van der Waals surface area contributed by atoms with Crippen molar-refractivity contribution >= 4 is 0 Å². The molecule has 0 radical (unpaired) electrons. The van der Waals surface area contributed by atoms with Gasteiger partial charge in [0.25, 0.3) is 5.56 Å². The second kappa shape index (κ2) is 4.46. The molecule has 1 aromatic heterocycles. The molecule has 0 spiro atoms. The second-order valence-corrected chi connectivity index (χ2v) is 4.34. The quantitative estimate of drug-likeness (QED) is 0.752. The van der Waals surface area contributed by atoms with Crippen LogP contribution in [0.1, 0.15) is 26.5 Å². The number of hydrogen-bond donors (Lipinski definition) is 2. The Labute approximate surface area is 97.9 Å². The van der Waals surface area contributed by atoms with E-state index in [1.54, 1.807) is 0 Å². The van der Waals surface area contributed by atoms with Crippen LogP contribution in [-0.2, 0) is 4.74 Å². The summed E-state index contributed by atoms with van der Waals surface area (Å²) in [4.78, 5) is 24.7. The summed E-state index contributed by atoms with van der Waals surface area (Å²) >= 11 is 0. The van der Waals surface area contributed by atoms with Crippen LogP contribution in [0.25, 0.3) is 0 Å². The molecule has 1 aromatic rings. The van der Waals surface area contributed by atoms with Crippen LogP contribution in [0.15, 0.2) is 21.9 Å². The van der Waals surface area contributed by atoms with Crippen molar-refractivity contribution in [2.24, 2.45) is 5.92 Å². The molecule has 17 heavy (non-hydrogen) atoms. The van der Waals surface area contributed by atoms with Gasteiger partial charge in [0.05, 0.1) is 6.10 Å². The zero-order valence-corrected chi connectivity index (χ0v) is 9.79. The van der Waals surface area contributed by atoms with Gasteiger partial charge in [0.15, 0.2) is 6.23 Å². The predicted molar refractivity (Wildman–Crippen MR) is 60.7 cm³/mol. The summed E-state index contributed by atoms with van der Waals surface area (Å²) in [5, 5.41) is 10.0. The van der Waals surface area contributed by atoms with Gasteiger partial charge in [-0.3, -0.25) is 14.3 Å². The molecule has 1 fully saturated rings. The third-order valence-electron chi connectivity index (χ3n) is 3.26. The van der Waals surface area contributed by atoms with Gasteiger partial charge < -0.3 is 9.84 Å². The minimum atomic E-state index is -0.747. The van der Waals surface area contributed by atoms with E-state index in [2.05, 4.69) is 4.98 Å². The number of H-pyrrole nitrogens is 1. The summed E-state index contributed by atoms with van der Waals surface area (Å²) in [6, 6.07) is 1.24. The summed E-state index contributed by atoms with van der Waals surface area (Å²) in [6.07, 6.45) is 0.573. The number of ether oxygens (including phenoxy) is 1. The molecule has 0 amide bonds. The van der Waals surface area contributed by atoms with Crippen LogP contribution in [-0.4, -0.2) is 26.9 Å². The Balaban J connectivity index is 2.35. The molecule has 6 nitrogen and oxygen atoms in total. The van der Waals surface area contributed by atoms with Gasteiger partial charge in [-0.15, -0.1) is 0 Å². The number of aliphatic hydroxyl groups excluding tert-OH is 1. The number of nitrogens with zero attached hydrogens (tertiary/aromatic N) is 1. The molecule has 94 valence electrons. The van der Waals surface area contributed by atoms with Gasteiger partial charge in [-0.05, 0) is 6.42 Å². The van der Waals surface area contributed by atoms with Gasteiger partial charge in [0, 0.05) is 18.2 Å². The zero-order chi connectivity index (χ0) is 12.6. The van der Waals surface area contributed by atoms with E-state index in [0.717, 1.165) is 6.42 Å². The highest BCUT2D eigenvalue weighted by molar-refractivity contribution is 4.91. The molecule has 6 heteroatoms. The van der Waals surface area contributed by atoms with Crippen molar-refractivity contribution in [3.05, 3.63) is 33.1 Å². The van der Waals surface area contributed by atoms with E-state index in [4.69, 9.17) is 4.74 Å². The number of nitrogens with one attached hydrogen (secondary N) is 1. The van der Waals surface area contributed by atoms with Gasteiger partial charge in [0.1, 0.15) is 6.10 Å². The maximum atomic E-state index is 11.6. The van der Waals surface area contributed by atoms with Crippen molar-refractivity contribution < 1.29 is 9.84 Å². The molecule has 1 aliphatic rings. The molecule has 2 N–H and O–H groups in total. The largest absolute Gasteiger partial charge is 0.388 e. The molecule has 2 heterocycles. The monoisotopic (exact) mass is 240 g/mol. The molecule has 0 aliphatic carbocycles. The van der Waals surface area contributed by atoms with E-state index in [-0.39, 0.29) is 12.0 Å². The Morgan fingerprint density at radius 1 is 1.53 bits per heavy atom. The Hall–Kier alpha value is -1.40.